The van der Waals surface area contributed by atoms with E-state index in [4.69, 9.17) is 25.8 Å². The van der Waals surface area contributed by atoms with Gasteiger partial charge in [0.1, 0.15) is 0 Å². The van der Waals surface area contributed by atoms with E-state index >= 15 is 0 Å². The number of nitrogens with one attached hydrogen (secondary N) is 2. The Kier molecular flexibility index (Phi) is 6.36. The predicted octanol–water partition coefficient (Wildman–Crippen LogP) is 3.22. The van der Waals surface area contributed by atoms with E-state index in [0.29, 0.717) is 33.5 Å². The third-order valence-electron chi connectivity index (χ3n) is 3.70. The Balaban J connectivity index is 1.47. The van der Waals surface area contributed by atoms with E-state index < -0.39 is 18.5 Å². The van der Waals surface area contributed by atoms with Gasteiger partial charge in [0.25, 0.3) is 5.91 Å². The van der Waals surface area contributed by atoms with Crippen LogP contribution in [-0.4, -0.2) is 31.2 Å². The summed E-state index contributed by atoms with van der Waals surface area (Å²) >= 11 is 6.08. The summed E-state index contributed by atoms with van der Waals surface area (Å²) in [5.41, 5.74) is 1.74. The van der Waals surface area contributed by atoms with Crippen molar-refractivity contribution in [1.29, 1.82) is 0 Å². The van der Waals surface area contributed by atoms with Gasteiger partial charge in [0, 0.05) is 24.4 Å². The minimum Gasteiger partial charge on any atom is -0.454 e. The van der Waals surface area contributed by atoms with Crippen molar-refractivity contribution >= 4 is 46.8 Å². The molecule has 0 spiro atoms. The van der Waals surface area contributed by atoms with Gasteiger partial charge in [-0.05, 0) is 48.0 Å². The lowest BCUT2D eigenvalue weighted by molar-refractivity contribution is -0.142. The van der Waals surface area contributed by atoms with Crippen LogP contribution < -0.4 is 20.1 Å². The predicted molar refractivity (Wildman–Crippen MR) is 107 cm³/mol. The first-order valence-corrected chi connectivity index (χ1v) is 8.90. The highest BCUT2D eigenvalue weighted by Crippen LogP contribution is 2.40. The number of halogens is 1. The van der Waals surface area contributed by atoms with Crippen molar-refractivity contribution in [2.75, 3.05) is 24.0 Å². The maximum atomic E-state index is 11.9. The van der Waals surface area contributed by atoms with Crippen molar-refractivity contribution in [2.45, 2.75) is 6.92 Å². The molecular formula is C20H17ClN2O6. The molecule has 0 saturated heterocycles. The molecule has 0 atom stereocenters. The smallest absolute Gasteiger partial charge is 0.331 e. The Morgan fingerprint density at radius 3 is 2.48 bits per heavy atom. The molecule has 0 unspecified atom stereocenters. The van der Waals surface area contributed by atoms with Crippen LogP contribution in [0.4, 0.5) is 11.4 Å². The molecule has 1 aliphatic rings. The Morgan fingerprint density at radius 1 is 1.10 bits per heavy atom. The number of ether oxygens (including phenoxy) is 3. The molecule has 0 fully saturated rings. The Hall–Kier alpha value is -3.52. The number of rotatable bonds is 6. The van der Waals surface area contributed by atoms with Crippen LogP contribution in [0.25, 0.3) is 6.08 Å². The molecule has 150 valence electrons. The number of amides is 2. The van der Waals surface area contributed by atoms with Gasteiger partial charge in [0.05, 0.1) is 5.02 Å². The van der Waals surface area contributed by atoms with Gasteiger partial charge >= 0.3 is 5.97 Å². The lowest BCUT2D eigenvalue weighted by Gasteiger charge is -2.07. The monoisotopic (exact) mass is 416 g/mol. The standard InChI is InChI=1S/C20H17ClN2O6/c1-12(24)22-14-3-5-15(6-4-14)23-18(25)10-27-19(26)7-2-13-8-16(21)20-17(9-13)28-11-29-20/h2-9H,10-11H2,1H3,(H,22,24)(H,23,25)/b7-2+. The molecule has 2 N–H and O–H groups in total. The second-order valence-corrected chi connectivity index (χ2v) is 6.39. The molecule has 0 aliphatic carbocycles. The zero-order chi connectivity index (χ0) is 20.8. The Bertz CT molecular complexity index is 972. The molecule has 8 nitrogen and oxygen atoms in total. The van der Waals surface area contributed by atoms with Gasteiger partial charge in [0.15, 0.2) is 18.1 Å². The summed E-state index contributed by atoms with van der Waals surface area (Å²) in [6.45, 7) is 1.05. The quantitative estimate of drug-likeness (QED) is 0.553. The number of fused-ring (bicyclic) bond motifs is 1. The minimum atomic E-state index is -0.685. The molecule has 1 heterocycles. The van der Waals surface area contributed by atoms with E-state index in [1.54, 1.807) is 36.4 Å². The van der Waals surface area contributed by atoms with E-state index in [0.717, 1.165) is 0 Å². The van der Waals surface area contributed by atoms with Crippen molar-refractivity contribution in [3.05, 3.63) is 53.1 Å². The number of carbonyl (C=O) groups is 3. The number of benzene rings is 2. The summed E-state index contributed by atoms with van der Waals surface area (Å²) in [4.78, 5) is 34.7. The van der Waals surface area contributed by atoms with Gasteiger partial charge in [-0.3, -0.25) is 9.59 Å². The van der Waals surface area contributed by atoms with Crippen LogP contribution in [0.1, 0.15) is 12.5 Å². The fourth-order valence-electron chi connectivity index (χ4n) is 2.47. The van der Waals surface area contributed by atoms with Gasteiger partial charge in [-0.25, -0.2) is 4.79 Å². The maximum Gasteiger partial charge on any atom is 0.331 e. The third kappa shape index (κ3) is 5.73. The molecular weight excluding hydrogens is 400 g/mol. The highest BCUT2D eigenvalue weighted by atomic mass is 35.5. The molecule has 2 aromatic rings. The lowest BCUT2D eigenvalue weighted by atomic mass is 10.2. The van der Waals surface area contributed by atoms with Crippen molar-refractivity contribution in [3.63, 3.8) is 0 Å². The molecule has 3 rings (SSSR count). The van der Waals surface area contributed by atoms with Crippen LogP contribution in [0.15, 0.2) is 42.5 Å². The normalized spacial score (nSPS) is 11.9. The highest BCUT2D eigenvalue weighted by molar-refractivity contribution is 6.32. The van der Waals surface area contributed by atoms with Crippen LogP contribution >= 0.6 is 11.6 Å². The van der Waals surface area contributed by atoms with Gasteiger partial charge in [0.2, 0.25) is 12.7 Å². The number of hydrogen-bond donors (Lipinski definition) is 2. The topological polar surface area (TPSA) is 103 Å². The van der Waals surface area contributed by atoms with Gasteiger partial charge < -0.3 is 24.8 Å². The maximum absolute atomic E-state index is 11.9. The van der Waals surface area contributed by atoms with Crippen molar-refractivity contribution in [2.24, 2.45) is 0 Å². The molecule has 0 radical (unpaired) electrons. The Morgan fingerprint density at radius 2 is 1.79 bits per heavy atom. The second kappa shape index (κ2) is 9.11. The van der Waals surface area contributed by atoms with E-state index in [2.05, 4.69) is 10.6 Å². The summed E-state index contributed by atoms with van der Waals surface area (Å²) in [5.74, 6) is -0.410. The van der Waals surface area contributed by atoms with Crippen molar-refractivity contribution in [3.8, 4) is 11.5 Å². The fraction of sp³-hybridized carbons (Fsp3) is 0.150. The van der Waals surface area contributed by atoms with Gasteiger partial charge in [-0.1, -0.05) is 11.6 Å². The van der Waals surface area contributed by atoms with Gasteiger partial charge in [-0.2, -0.15) is 0 Å². The summed E-state index contributed by atoms with van der Waals surface area (Å²) in [7, 11) is 0. The van der Waals surface area contributed by atoms with E-state index in [9.17, 15) is 14.4 Å². The first kappa shape index (κ1) is 20.2. The molecule has 1 aliphatic heterocycles. The highest BCUT2D eigenvalue weighted by Gasteiger charge is 2.17. The molecule has 0 saturated carbocycles. The number of carbonyl (C=O) groups excluding carboxylic acids is 3. The largest absolute Gasteiger partial charge is 0.454 e. The molecule has 2 amide bonds. The molecule has 29 heavy (non-hydrogen) atoms. The van der Waals surface area contributed by atoms with Crippen LogP contribution in [0, 0.1) is 0 Å². The molecule has 0 aromatic heterocycles. The minimum absolute atomic E-state index is 0.0926. The fourth-order valence-corrected chi connectivity index (χ4v) is 2.74. The SMILES string of the molecule is CC(=O)Nc1ccc(NC(=O)COC(=O)/C=C/c2cc(Cl)c3c(c2)OCO3)cc1. The Labute approximate surface area is 171 Å². The average Bonchev–Trinajstić information content (AvgIpc) is 3.15. The van der Waals surface area contributed by atoms with Crippen LogP contribution in [0.2, 0.25) is 5.02 Å². The van der Waals surface area contributed by atoms with E-state index in [-0.39, 0.29) is 12.7 Å². The number of esters is 1. The molecule has 9 heteroatoms. The molecule has 0 bridgehead atoms. The zero-order valence-corrected chi connectivity index (χ0v) is 16.1. The van der Waals surface area contributed by atoms with E-state index in [1.807, 2.05) is 0 Å². The van der Waals surface area contributed by atoms with Crippen LogP contribution in [-0.2, 0) is 19.1 Å². The van der Waals surface area contributed by atoms with Crippen molar-refractivity contribution in [1.82, 2.24) is 0 Å². The van der Waals surface area contributed by atoms with Crippen LogP contribution in [0.3, 0.4) is 0 Å². The van der Waals surface area contributed by atoms with Crippen LogP contribution in [0.5, 0.6) is 11.5 Å². The van der Waals surface area contributed by atoms with Gasteiger partial charge in [-0.15, -0.1) is 0 Å². The number of hydrogen-bond acceptors (Lipinski definition) is 6. The first-order chi connectivity index (χ1) is 13.9. The summed E-state index contributed by atoms with van der Waals surface area (Å²) in [5, 5.41) is 5.58. The summed E-state index contributed by atoms with van der Waals surface area (Å²) in [6.07, 6.45) is 2.68. The first-order valence-electron chi connectivity index (χ1n) is 8.52. The second-order valence-electron chi connectivity index (χ2n) is 5.98. The zero-order valence-electron chi connectivity index (χ0n) is 15.4. The summed E-state index contributed by atoms with van der Waals surface area (Å²) < 4.78 is 15.4. The molecule has 2 aromatic carbocycles. The summed E-state index contributed by atoms with van der Waals surface area (Å²) in [6, 6.07) is 9.82. The average molecular weight is 417 g/mol. The number of anilines is 2. The third-order valence-corrected chi connectivity index (χ3v) is 3.98. The van der Waals surface area contributed by atoms with E-state index in [1.165, 1.54) is 19.1 Å². The lowest BCUT2D eigenvalue weighted by Crippen LogP contribution is -2.20. The van der Waals surface area contributed by atoms with Crippen molar-refractivity contribution < 1.29 is 28.6 Å².